The van der Waals surface area contributed by atoms with Crippen LogP contribution in [-0.2, 0) is 6.54 Å². The Bertz CT molecular complexity index is 405. The molecule has 0 bridgehead atoms. The van der Waals surface area contributed by atoms with Crippen LogP contribution in [0.25, 0.3) is 0 Å². The third kappa shape index (κ3) is 3.50. The molecule has 18 heavy (non-hydrogen) atoms. The van der Waals surface area contributed by atoms with Gasteiger partial charge in [0.05, 0.1) is 5.56 Å². The van der Waals surface area contributed by atoms with Crippen molar-refractivity contribution in [3.63, 3.8) is 0 Å². The van der Waals surface area contributed by atoms with Crippen molar-refractivity contribution in [2.24, 2.45) is 0 Å². The molecule has 1 N–H and O–H groups in total. The summed E-state index contributed by atoms with van der Waals surface area (Å²) in [5.74, 6) is 1.58. The predicted octanol–water partition coefficient (Wildman–Crippen LogP) is 2.71. The Morgan fingerprint density at radius 2 is 2.11 bits per heavy atom. The van der Waals surface area contributed by atoms with Gasteiger partial charge in [0.25, 0.3) is 0 Å². The summed E-state index contributed by atoms with van der Waals surface area (Å²) >= 11 is 2.02. The minimum atomic E-state index is -0.860. The van der Waals surface area contributed by atoms with E-state index in [1.165, 1.54) is 23.5 Å². The summed E-state index contributed by atoms with van der Waals surface area (Å²) < 4.78 is 0. The molecule has 1 fully saturated rings. The van der Waals surface area contributed by atoms with Gasteiger partial charge in [0.2, 0.25) is 0 Å². The average Bonchev–Trinajstić information content (AvgIpc) is 2.56. The van der Waals surface area contributed by atoms with E-state index in [0.29, 0.717) is 11.6 Å². The van der Waals surface area contributed by atoms with E-state index in [2.05, 4.69) is 11.8 Å². The number of rotatable bonds is 3. The summed E-state index contributed by atoms with van der Waals surface area (Å²) in [4.78, 5) is 13.3. The van der Waals surface area contributed by atoms with Gasteiger partial charge in [-0.25, -0.2) is 4.79 Å². The van der Waals surface area contributed by atoms with E-state index in [4.69, 9.17) is 5.11 Å². The molecule has 3 nitrogen and oxygen atoms in total. The summed E-state index contributed by atoms with van der Waals surface area (Å²) in [6.07, 6.45) is 1.23. The van der Waals surface area contributed by atoms with Crippen LogP contribution in [0.4, 0.5) is 0 Å². The third-order valence-corrected chi connectivity index (χ3v) is 4.41. The van der Waals surface area contributed by atoms with Crippen LogP contribution in [0, 0.1) is 0 Å². The Morgan fingerprint density at radius 1 is 1.39 bits per heavy atom. The average molecular weight is 265 g/mol. The Hall–Kier alpha value is -1.00. The number of aromatic carboxylic acids is 1. The second-order valence-corrected chi connectivity index (χ2v) is 5.95. The summed E-state index contributed by atoms with van der Waals surface area (Å²) in [5.41, 5.74) is 1.55. The number of benzene rings is 1. The van der Waals surface area contributed by atoms with Crippen LogP contribution in [0.1, 0.15) is 29.3 Å². The van der Waals surface area contributed by atoms with E-state index in [-0.39, 0.29) is 0 Å². The Morgan fingerprint density at radius 3 is 2.78 bits per heavy atom. The first-order chi connectivity index (χ1) is 8.66. The van der Waals surface area contributed by atoms with Crippen molar-refractivity contribution in [3.8, 4) is 0 Å². The van der Waals surface area contributed by atoms with Crippen LogP contribution >= 0.6 is 11.8 Å². The van der Waals surface area contributed by atoms with Crippen molar-refractivity contribution in [2.75, 3.05) is 18.1 Å². The maximum Gasteiger partial charge on any atom is 0.335 e. The number of hydrogen-bond acceptors (Lipinski definition) is 3. The molecular formula is C14H19NO2S. The van der Waals surface area contributed by atoms with Crippen molar-refractivity contribution in [3.05, 3.63) is 35.4 Å². The number of hydrogen-bond donors (Lipinski definition) is 1. The van der Waals surface area contributed by atoms with Crippen LogP contribution < -0.4 is 0 Å². The molecule has 1 saturated heterocycles. The van der Waals surface area contributed by atoms with Gasteiger partial charge < -0.3 is 5.11 Å². The molecule has 4 heteroatoms. The summed E-state index contributed by atoms with van der Waals surface area (Å²) in [7, 11) is 0. The highest BCUT2D eigenvalue weighted by Crippen LogP contribution is 2.18. The minimum Gasteiger partial charge on any atom is -0.478 e. The van der Waals surface area contributed by atoms with E-state index in [1.54, 1.807) is 12.1 Å². The molecule has 1 aliphatic heterocycles. The summed E-state index contributed by atoms with van der Waals surface area (Å²) in [6.45, 7) is 4.31. The molecule has 0 radical (unpaired) electrons. The molecular weight excluding hydrogens is 246 g/mol. The van der Waals surface area contributed by atoms with Gasteiger partial charge in [0, 0.05) is 24.9 Å². The molecule has 1 heterocycles. The Kier molecular flexibility index (Phi) is 4.66. The smallest absolute Gasteiger partial charge is 0.335 e. The van der Waals surface area contributed by atoms with Crippen molar-refractivity contribution < 1.29 is 9.90 Å². The van der Waals surface area contributed by atoms with Gasteiger partial charge in [-0.15, -0.1) is 0 Å². The van der Waals surface area contributed by atoms with Gasteiger partial charge in [-0.05, 0) is 36.8 Å². The highest BCUT2D eigenvalue weighted by Gasteiger charge is 2.17. The number of carbonyl (C=O) groups is 1. The number of carboxylic acids is 1. The first-order valence-electron chi connectivity index (χ1n) is 6.31. The Balaban J connectivity index is 2.01. The molecule has 1 aromatic carbocycles. The van der Waals surface area contributed by atoms with Crippen molar-refractivity contribution in [1.29, 1.82) is 0 Å². The van der Waals surface area contributed by atoms with Crippen molar-refractivity contribution in [1.82, 2.24) is 4.90 Å². The molecule has 1 aliphatic rings. The molecule has 1 unspecified atom stereocenters. The molecule has 0 saturated carbocycles. The lowest BCUT2D eigenvalue weighted by molar-refractivity contribution is 0.0697. The van der Waals surface area contributed by atoms with Crippen molar-refractivity contribution in [2.45, 2.75) is 25.9 Å². The largest absolute Gasteiger partial charge is 0.478 e. The Labute approximate surface area is 112 Å². The van der Waals surface area contributed by atoms with E-state index in [0.717, 1.165) is 13.1 Å². The van der Waals surface area contributed by atoms with E-state index in [1.807, 2.05) is 23.9 Å². The van der Waals surface area contributed by atoms with Crippen LogP contribution in [0.3, 0.4) is 0 Å². The standard InChI is InChI=1S/C14H19NO2S/c1-11-6-8-18-9-7-15(11)10-12-2-4-13(5-3-12)14(16)17/h2-5,11H,6-10H2,1H3,(H,16,17). The third-order valence-electron chi connectivity index (χ3n) is 3.41. The lowest BCUT2D eigenvalue weighted by atomic mass is 10.1. The highest BCUT2D eigenvalue weighted by molar-refractivity contribution is 7.99. The van der Waals surface area contributed by atoms with Crippen LogP contribution in [0.5, 0.6) is 0 Å². The minimum absolute atomic E-state index is 0.359. The van der Waals surface area contributed by atoms with Crippen LogP contribution in [-0.4, -0.2) is 40.1 Å². The molecule has 1 aromatic rings. The topological polar surface area (TPSA) is 40.5 Å². The molecule has 0 spiro atoms. The first kappa shape index (κ1) is 13.4. The van der Waals surface area contributed by atoms with Gasteiger partial charge in [0.15, 0.2) is 0 Å². The number of carboxylic acid groups (broad SMARTS) is 1. The lowest BCUT2D eigenvalue weighted by Gasteiger charge is -2.26. The molecule has 1 atom stereocenters. The maximum absolute atomic E-state index is 10.8. The van der Waals surface area contributed by atoms with Crippen molar-refractivity contribution >= 4 is 17.7 Å². The van der Waals surface area contributed by atoms with E-state index < -0.39 is 5.97 Å². The molecule has 2 rings (SSSR count). The maximum atomic E-state index is 10.8. The zero-order valence-corrected chi connectivity index (χ0v) is 11.4. The zero-order valence-electron chi connectivity index (χ0n) is 10.6. The van der Waals surface area contributed by atoms with Crippen LogP contribution in [0.2, 0.25) is 0 Å². The summed E-state index contributed by atoms with van der Waals surface area (Å²) in [5, 5.41) is 8.86. The van der Waals surface area contributed by atoms with Gasteiger partial charge in [-0.1, -0.05) is 12.1 Å². The predicted molar refractivity (Wildman–Crippen MR) is 75.2 cm³/mol. The second kappa shape index (κ2) is 6.25. The van der Waals surface area contributed by atoms with Gasteiger partial charge in [0.1, 0.15) is 0 Å². The lowest BCUT2D eigenvalue weighted by Crippen LogP contribution is -2.33. The highest BCUT2D eigenvalue weighted by atomic mass is 32.2. The fraction of sp³-hybridized carbons (Fsp3) is 0.500. The quantitative estimate of drug-likeness (QED) is 0.912. The molecule has 0 amide bonds. The second-order valence-electron chi connectivity index (χ2n) is 4.72. The van der Waals surface area contributed by atoms with E-state index in [9.17, 15) is 4.79 Å². The fourth-order valence-electron chi connectivity index (χ4n) is 2.16. The first-order valence-corrected chi connectivity index (χ1v) is 7.46. The number of nitrogens with zero attached hydrogens (tertiary/aromatic N) is 1. The molecule has 98 valence electrons. The van der Waals surface area contributed by atoms with Gasteiger partial charge in [-0.3, -0.25) is 4.90 Å². The van der Waals surface area contributed by atoms with Gasteiger partial charge >= 0.3 is 5.97 Å². The SMILES string of the molecule is CC1CCSCCN1Cc1ccc(C(=O)O)cc1. The number of thioether (sulfide) groups is 1. The van der Waals surface area contributed by atoms with Gasteiger partial charge in [-0.2, -0.15) is 11.8 Å². The fourth-order valence-corrected chi connectivity index (χ4v) is 3.24. The van der Waals surface area contributed by atoms with Crippen LogP contribution in [0.15, 0.2) is 24.3 Å². The van der Waals surface area contributed by atoms with E-state index >= 15 is 0 Å². The molecule has 0 aromatic heterocycles. The summed E-state index contributed by atoms with van der Waals surface area (Å²) in [6, 6.07) is 7.84. The normalized spacial score (nSPS) is 21.5. The monoisotopic (exact) mass is 265 g/mol. The zero-order chi connectivity index (χ0) is 13.0. The molecule has 0 aliphatic carbocycles.